The minimum atomic E-state index is 0.0382. The smallest absolute Gasteiger partial charge is 0.161 e. The number of nitrogens with zero attached hydrogens (tertiary/aromatic N) is 2. The SMILES string of the molecule is CCc1nc(-c2ccc(O)c(Cl)c2)nc(N)c1C. The number of phenols is 1. The van der Waals surface area contributed by atoms with Crippen LogP contribution in [0.5, 0.6) is 5.75 Å². The second-order valence-corrected chi connectivity index (χ2v) is 4.43. The van der Waals surface area contributed by atoms with Crippen LogP contribution in [0.3, 0.4) is 0 Å². The van der Waals surface area contributed by atoms with Crippen molar-refractivity contribution in [1.29, 1.82) is 0 Å². The fourth-order valence-corrected chi connectivity index (χ4v) is 1.88. The summed E-state index contributed by atoms with van der Waals surface area (Å²) in [5.74, 6) is 1.04. The van der Waals surface area contributed by atoms with Crippen molar-refractivity contribution in [1.82, 2.24) is 9.97 Å². The Balaban J connectivity index is 2.57. The van der Waals surface area contributed by atoms with E-state index in [1.54, 1.807) is 12.1 Å². The molecule has 3 N–H and O–H groups in total. The van der Waals surface area contributed by atoms with Crippen LogP contribution in [0.1, 0.15) is 18.2 Å². The number of nitrogens with two attached hydrogens (primary N) is 1. The van der Waals surface area contributed by atoms with Crippen LogP contribution < -0.4 is 5.73 Å². The van der Waals surface area contributed by atoms with Crippen molar-refractivity contribution in [2.24, 2.45) is 0 Å². The van der Waals surface area contributed by atoms with E-state index in [2.05, 4.69) is 9.97 Å². The molecule has 94 valence electrons. The van der Waals surface area contributed by atoms with Crippen LogP contribution in [0.15, 0.2) is 18.2 Å². The molecule has 2 rings (SSSR count). The van der Waals surface area contributed by atoms with Gasteiger partial charge in [0.2, 0.25) is 0 Å². The lowest BCUT2D eigenvalue weighted by Gasteiger charge is -2.09. The number of aryl methyl sites for hydroxylation is 1. The molecule has 0 fully saturated rings. The lowest BCUT2D eigenvalue weighted by Crippen LogP contribution is -2.04. The molecule has 5 heteroatoms. The van der Waals surface area contributed by atoms with Crippen LogP contribution in [0.25, 0.3) is 11.4 Å². The van der Waals surface area contributed by atoms with E-state index in [1.165, 1.54) is 6.07 Å². The molecule has 18 heavy (non-hydrogen) atoms. The fourth-order valence-electron chi connectivity index (χ4n) is 1.70. The molecule has 1 heterocycles. The van der Waals surface area contributed by atoms with Crippen molar-refractivity contribution in [2.45, 2.75) is 20.3 Å². The quantitative estimate of drug-likeness (QED) is 0.874. The molecule has 1 aromatic carbocycles. The molecule has 0 radical (unpaired) electrons. The predicted octanol–water partition coefficient (Wildman–Crippen LogP) is 2.96. The maximum atomic E-state index is 9.39. The van der Waals surface area contributed by atoms with Gasteiger partial charge < -0.3 is 10.8 Å². The lowest BCUT2D eigenvalue weighted by atomic mass is 10.1. The number of aromatic hydroxyl groups is 1. The number of halogens is 1. The van der Waals surface area contributed by atoms with Crippen LogP contribution in [-0.4, -0.2) is 15.1 Å². The minimum Gasteiger partial charge on any atom is -0.506 e. The summed E-state index contributed by atoms with van der Waals surface area (Å²) in [6, 6.07) is 4.86. The van der Waals surface area contributed by atoms with Gasteiger partial charge in [-0.3, -0.25) is 0 Å². The molecule has 0 unspecified atom stereocenters. The Morgan fingerprint density at radius 1 is 1.33 bits per heavy atom. The molecule has 0 amide bonds. The molecule has 1 aromatic heterocycles. The second kappa shape index (κ2) is 4.82. The molecule has 0 atom stereocenters. The van der Waals surface area contributed by atoms with Crippen LogP contribution in [0, 0.1) is 6.92 Å². The third-order valence-corrected chi connectivity index (χ3v) is 3.13. The summed E-state index contributed by atoms with van der Waals surface area (Å²) in [7, 11) is 0. The van der Waals surface area contributed by atoms with Gasteiger partial charge in [-0.1, -0.05) is 18.5 Å². The topological polar surface area (TPSA) is 72.0 Å². The van der Waals surface area contributed by atoms with Crippen molar-refractivity contribution in [3.8, 4) is 17.1 Å². The number of nitrogen functional groups attached to an aromatic ring is 1. The fraction of sp³-hybridized carbons (Fsp3) is 0.231. The number of phenolic OH excluding ortho intramolecular Hbond substituents is 1. The summed E-state index contributed by atoms with van der Waals surface area (Å²) in [6.45, 7) is 3.92. The first-order valence-corrected chi connectivity index (χ1v) is 6.02. The first kappa shape index (κ1) is 12.6. The van der Waals surface area contributed by atoms with Gasteiger partial charge in [-0.2, -0.15) is 0 Å². The largest absolute Gasteiger partial charge is 0.506 e. The molecule has 0 saturated heterocycles. The van der Waals surface area contributed by atoms with Crippen molar-refractivity contribution in [3.05, 3.63) is 34.5 Å². The standard InChI is InChI=1S/C13H14ClN3O/c1-3-10-7(2)12(15)17-13(16-10)8-4-5-11(18)9(14)6-8/h4-6,18H,3H2,1-2H3,(H2,15,16,17). The highest BCUT2D eigenvalue weighted by Crippen LogP contribution is 2.28. The highest BCUT2D eigenvalue weighted by Gasteiger charge is 2.10. The highest BCUT2D eigenvalue weighted by molar-refractivity contribution is 6.32. The number of rotatable bonds is 2. The molecule has 0 saturated carbocycles. The third kappa shape index (κ3) is 2.24. The van der Waals surface area contributed by atoms with Crippen LogP contribution in [0.2, 0.25) is 5.02 Å². The molecule has 0 spiro atoms. The Morgan fingerprint density at radius 3 is 2.67 bits per heavy atom. The molecule has 0 aliphatic rings. The summed E-state index contributed by atoms with van der Waals surface area (Å²) in [6.07, 6.45) is 0.789. The Morgan fingerprint density at radius 2 is 2.06 bits per heavy atom. The Hall–Kier alpha value is -1.81. The van der Waals surface area contributed by atoms with Gasteiger partial charge in [0.1, 0.15) is 11.6 Å². The molecule has 2 aromatic rings. The van der Waals surface area contributed by atoms with Gasteiger partial charge in [0.25, 0.3) is 0 Å². The van der Waals surface area contributed by atoms with E-state index in [9.17, 15) is 5.11 Å². The van der Waals surface area contributed by atoms with Gasteiger partial charge in [-0.15, -0.1) is 0 Å². The number of anilines is 1. The summed E-state index contributed by atoms with van der Waals surface area (Å²) in [5, 5.41) is 9.66. The molecular weight excluding hydrogens is 250 g/mol. The highest BCUT2D eigenvalue weighted by atomic mass is 35.5. The zero-order valence-corrected chi connectivity index (χ0v) is 11.0. The number of hydrogen-bond acceptors (Lipinski definition) is 4. The average molecular weight is 264 g/mol. The van der Waals surface area contributed by atoms with E-state index in [-0.39, 0.29) is 10.8 Å². The van der Waals surface area contributed by atoms with E-state index < -0.39 is 0 Å². The van der Waals surface area contributed by atoms with Crippen molar-refractivity contribution in [2.75, 3.05) is 5.73 Å². The Labute approximate surface area is 110 Å². The van der Waals surface area contributed by atoms with Crippen LogP contribution in [-0.2, 0) is 6.42 Å². The van der Waals surface area contributed by atoms with Crippen molar-refractivity contribution < 1.29 is 5.11 Å². The van der Waals surface area contributed by atoms with E-state index >= 15 is 0 Å². The van der Waals surface area contributed by atoms with Crippen LogP contribution in [0.4, 0.5) is 5.82 Å². The average Bonchev–Trinajstić information content (AvgIpc) is 2.36. The van der Waals surface area contributed by atoms with Crippen LogP contribution >= 0.6 is 11.6 Å². The number of aromatic nitrogens is 2. The minimum absolute atomic E-state index is 0.0382. The maximum Gasteiger partial charge on any atom is 0.161 e. The van der Waals surface area contributed by atoms with Crippen molar-refractivity contribution in [3.63, 3.8) is 0 Å². The first-order chi connectivity index (χ1) is 8.52. The summed E-state index contributed by atoms with van der Waals surface area (Å²) >= 11 is 5.87. The second-order valence-electron chi connectivity index (χ2n) is 4.02. The summed E-state index contributed by atoms with van der Waals surface area (Å²) < 4.78 is 0. The summed E-state index contributed by atoms with van der Waals surface area (Å²) in [4.78, 5) is 8.71. The number of hydrogen-bond donors (Lipinski definition) is 2. The van der Waals surface area contributed by atoms with Crippen molar-refractivity contribution >= 4 is 17.4 Å². The van der Waals surface area contributed by atoms with Gasteiger partial charge in [-0.25, -0.2) is 9.97 Å². The van der Waals surface area contributed by atoms with Gasteiger partial charge in [0.15, 0.2) is 5.82 Å². The monoisotopic (exact) mass is 263 g/mol. The normalized spacial score (nSPS) is 10.6. The van der Waals surface area contributed by atoms with E-state index in [1.807, 2.05) is 13.8 Å². The van der Waals surface area contributed by atoms with Gasteiger partial charge >= 0.3 is 0 Å². The zero-order valence-electron chi connectivity index (χ0n) is 10.2. The van der Waals surface area contributed by atoms with Gasteiger partial charge in [0.05, 0.1) is 5.02 Å². The lowest BCUT2D eigenvalue weighted by molar-refractivity contribution is 0.475. The molecule has 0 aliphatic heterocycles. The summed E-state index contributed by atoms with van der Waals surface area (Å²) in [5.41, 5.74) is 8.43. The van der Waals surface area contributed by atoms with Gasteiger partial charge in [0, 0.05) is 16.8 Å². The molecule has 4 nitrogen and oxygen atoms in total. The number of benzene rings is 1. The zero-order chi connectivity index (χ0) is 13.3. The van der Waals surface area contributed by atoms with E-state index in [0.29, 0.717) is 11.6 Å². The van der Waals surface area contributed by atoms with Gasteiger partial charge in [-0.05, 0) is 31.5 Å². The van der Waals surface area contributed by atoms with E-state index in [0.717, 1.165) is 23.2 Å². The Bertz CT molecular complexity index is 599. The molecule has 0 aliphatic carbocycles. The third-order valence-electron chi connectivity index (χ3n) is 2.83. The Kier molecular flexibility index (Phi) is 3.39. The molecule has 0 bridgehead atoms. The van der Waals surface area contributed by atoms with E-state index in [4.69, 9.17) is 17.3 Å². The maximum absolute atomic E-state index is 9.39. The molecular formula is C13H14ClN3O. The first-order valence-electron chi connectivity index (χ1n) is 5.64. The predicted molar refractivity (Wildman–Crippen MR) is 72.7 cm³/mol.